The molecule has 0 fully saturated rings. The van der Waals surface area contributed by atoms with E-state index < -0.39 is 0 Å². The van der Waals surface area contributed by atoms with Gasteiger partial charge >= 0.3 is 6.03 Å². The molecule has 0 spiro atoms. The fraction of sp³-hybridized carbons (Fsp3) is 0.320. The third-order valence-corrected chi connectivity index (χ3v) is 5.16. The molecule has 2 aromatic carbocycles. The molecule has 0 radical (unpaired) electrons. The summed E-state index contributed by atoms with van der Waals surface area (Å²) in [5.41, 5.74) is 4.03. The van der Waals surface area contributed by atoms with Crippen LogP contribution in [0.1, 0.15) is 43.0 Å². The third kappa shape index (κ3) is 6.21. The van der Waals surface area contributed by atoms with Crippen LogP contribution in [0, 0.1) is 12.7 Å². The standard InChI is InChI=1S/C25H30FN3O/c1-3-4-5-16-29(25(30)27-23-14-8-20(2)9-15-23)19-24-7-6-17-28(24)18-21-10-12-22(26)13-11-21/h6-15,17H,3-5,16,18-19H2,1-2H3,(H,27,30). The van der Waals surface area contributed by atoms with E-state index in [2.05, 4.69) is 16.8 Å². The zero-order valence-electron chi connectivity index (χ0n) is 17.8. The molecule has 1 N–H and O–H groups in total. The van der Waals surface area contributed by atoms with Crippen molar-refractivity contribution in [2.75, 3.05) is 11.9 Å². The van der Waals surface area contributed by atoms with Crippen molar-refractivity contribution in [1.29, 1.82) is 0 Å². The van der Waals surface area contributed by atoms with Gasteiger partial charge in [0.1, 0.15) is 5.82 Å². The van der Waals surface area contributed by atoms with Gasteiger partial charge in [0.05, 0.1) is 6.54 Å². The lowest BCUT2D eigenvalue weighted by Gasteiger charge is -2.24. The van der Waals surface area contributed by atoms with Crippen molar-refractivity contribution in [2.45, 2.75) is 46.2 Å². The molecule has 3 rings (SSSR count). The Balaban J connectivity index is 1.71. The molecule has 158 valence electrons. The van der Waals surface area contributed by atoms with Gasteiger partial charge in [-0.15, -0.1) is 0 Å². The molecule has 5 heteroatoms. The molecule has 1 heterocycles. The molecule has 30 heavy (non-hydrogen) atoms. The fourth-order valence-electron chi connectivity index (χ4n) is 3.37. The Kier molecular flexibility index (Phi) is 7.66. The summed E-state index contributed by atoms with van der Waals surface area (Å²) in [5.74, 6) is -0.235. The highest BCUT2D eigenvalue weighted by Crippen LogP contribution is 2.15. The number of aromatic nitrogens is 1. The van der Waals surface area contributed by atoms with Gasteiger partial charge in [0.2, 0.25) is 0 Å². The molecule has 4 nitrogen and oxygen atoms in total. The molecular formula is C25H30FN3O. The Bertz CT molecular complexity index is 932. The van der Waals surface area contributed by atoms with Crippen LogP contribution < -0.4 is 5.32 Å². The van der Waals surface area contributed by atoms with Crippen LogP contribution in [0.15, 0.2) is 66.9 Å². The fourth-order valence-corrected chi connectivity index (χ4v) is 3.37. The number of anilines is 1. The van der Waals surface area contributed by atoms with Crippen molar-refractivity contribution in [3.05, 3.63) is 89.5 Å². The van der Waals surface area contributed by atoms with E-state index in [1.54, 1.807) is 12.1 Å². The van der Waals surface area contributed by atoms with Gasteiger partial charge in [-0.3, -0.25) is 0 Å². The number of hydrogen-bond acceptors (Lipinski definition) is 1. The summed E-state index contributed by atoms with van der Waals surface area (Å²) in [6.45, 7) is 6.05. The lowest BCUT2D eigenvalue weighted by molar-refractivity contribution is 0.206. The van der Waals surface area contributed by atoms with E-state index in [1.165, 1.54) is 12.1 Å². The van der Waals surface area contributed by atoms with Crippen molar-refractivity contribution < 1.29 is 9.18 Å². The van der Waals surface area contributed by atoms with Crippen LogP contribution in [-0.4, -0.2) is 22.0 Å². The average Bonchev–Trinajstić information content (AvgIpc) is 3.17. The zero-order chi connectivity index (χ0) is 21.3. The first-order valence-corrected chi connectivity index (χ1v) is 10.6. The number of unbranched alkanes of at least 4 members (excludes halogenated alkanes) is 2. The number of benzene rings is 2. The first kappa shape index (κ1) is 21.6. The molecule has 0 aliphatic rings. The van der Waals surface area contributed by atoms with E-state index in [0.717, 1.165) is 41.8 Å². The molecule has 0 atom stereocenters. The molecular weight excluding hydrogens is 377 g/mol. The molecule has 2 amide bonds. The van der Waals surface area contributed by atoms with Crippen LogP contribution in [0.2, 0.25) is 0 Å². The predicted octanol–water partition coefficient (Wildman–Crippen LogP) is 6.21. The lowest BCUT2D eigenvalue weighted by atomic mass is 10.2. The normalized spacial score (nSPS) is 10.8. The summed E-state index contributed by atoms with van der Waals surface area (Å²) in [6, 6.07) is 18.3. The van der Waals surface area contributed by atoms with Gasteiger partial charge in [-0.2, -0.15) is 0 Å². The van der Waals surface area contributed by atoms with Crippen LogP contribution in [-0.2, 0) is 13.1 Å². The van der Waals surface area contributed by atoms with Crippen LogP contribution in [0.4, 0.5) is 14.9 Å². The van der Waals surface area contributed by atoms with E-state index in [4.69, 9.17) is 0 Å². The molecule has 0 bridgehead atoms. The summed E-state index contributed by atoms with van der Waals surface area (Å²) in [4.78, 5) is 14.9. The highest BCUT2D eigenvalue weighted by atomic mass is 19.1. The SMILES string of the molecule is CCCCCN(Cc1cccn1Cc1ccc(F)cc1)C(=O)Nc1ccc(C)cc1. The van der Waals surface area contributed by atoms with Crippen LogP contribution >= 0.6 is 0 Å². The summed E-state index contributed by atoms with van der Waals surface area (Å²) < 4.78 is 15.3. The Labute approximate surface area is 178 Å². The number of nitrogens with zero attached hydrogens (tertiary/aromatic N) is 2. The minimum atomic E-state index is -0.235. The predicted molar refractivity (Wildman–Crippen MR) is 120 cm³/mol. The van der Waals surface area contributed by atoms with Crippen molar-refractivity contribution in [3.8, 4) is 0 Å². The number of amides is 2. The van der Waals surface area contributed by atoms with Crippen LogP contribution in [0.3, 0.4) is 0 Å². The number of aryl methyl sites for hydroxylation is 1. The maximum absolute atomic E-state index is 13.2. The third-order valence-electron chi connectivity index (χ3n) is 5.16. The number of carbonyl (C=O) groups is 1. The maximum Gasteiger partial charge on any atom is 0.322 e. The first-order valence-electron chi connectivity index (χ1n) is 10.6. The molecule has 3 aromatic rings. The van der Waals surface area contributed by atoms with E-state index in [-0.39, 0.29) is 11.8 Å². The van der Waals surface area contributed by atoms with Gasteiger partial charge in [-0.1, -0.05) is 49.6 Å². The average molecular weight is 408 g/mol. The topological polar surface area (TPSA) is 37.3 Å². The second kappa shape index (κ2) is 10.6. The zero-order valence-corrected chi connectivity index (χ0v) is 17.8. The van der Waals surface area contributed by atoms with Gasteiger partial charge in [0.15, 0.2) is 0 Å². The maximum atomic E-state index is 13.2. The second-order valence-electron chi connectivity index (χ2n) is 7.68. The summed E-state index contributed by atoms with van der Waals surface area (Å²) in [6.07, 6.45) is 5.16. The van der Waals surface area contributed by atoms with Gasteiger partial charge in [-0.25, -0.2) is 9.18 Å². The van der Waals surface area contributed by atoms with Gasteiger partial charge in [0.25, 0.3) is 0 Å². The van der Waals surface area contributed by atoms with Gasteiger partial charge < -0.3 is 14.8 Å². The number of urea groups is 1. The summed E-state index contributed by atoms with van der Waals surface area (Å²) in [5, 5.41) is 3.02. The molecule has 0 unspecified atom stereocenters. The van der Waals surface area contributed by atoms with E-state index >= 15 is 0 Å². The number of halogens is 1. The Hall–Kier alpha value is -3.08. The van der Waals surface area contributed by atoms with E-state index in [1.807, 2.05) is 54.4 Å². The highest BCUT2D eigenvalue weighted by Gasteiger charge is 2.16. The largest absolute Gasteiger partial charge is 0.345 e. The number of nitrogens with one attached hydrogen (secondary N) is 1. The Morgan fingerprint density at radius 1 is 1.03 bits per heavy atom. The van der Waals surface area contributed by atoms with Crippen molar-refractivity contribution in [1.82, 2.24) is 9.47 Å². The highest BCUT2D eigenvalue weighted by molar-refractivity contribution is 5.89. The lowest BCUT2D eigenvalue weighted by Crippen LogP contribution is -2.36. The molecule has 1 aromatic heterocycles. The monoisotopic (exact) mass is 407 g/mol. The van der Waals surface area contributed by atoms with Crippen molar-refractivity contribution >= 4 is 11.7 Å². The number of carbonyl (C=O) groups excluding carboxylic acids is 1. The Morgan fingerprint density at radius 2 is 1.77 bits per heavy atom. The molecule has 0 aliphatic heterocycles. The summed E-state index contributed by atoms with van der Waals surface area (Å²) in [7, 11) is 0. The quantitative estimate of drug-likeness (QED) is 0.421. The molecule has 0 saturated heterocycles. The minimum Gasteiger partial charge on any atom is -0.345 e. The van der Waals surface area contributed by atoms with Gasteiger partial charge in [0, 0.05) is 30.7 Å². The van der Waals surface area contributed by atoms with Crippen molar-refractivity contribution in [2.24, 2.45) is 0 Å². The van der Waals surface area contributed by atoms with E-state index in [0.29, 0.717) is 19.6 Å². The number of rotatable bonds is 9. The smallest absolute Gasteiger partial charge is 0.322 e. The summed E-state index contributed by atoms with van der Waals surface area (Å²) >= 11 is 0. The minimum absolute atomic E-state index is 0.0931. The van der Waals surface area contributed by atoms with Gasteiger partial charge in [-0.05, 0) is 55.3 Å². The second-order valence-corrected chi connectivity index (χ2v) is 7.68. The number of hydrogen-bond donors (Lipinski definition) is 1. The molecule has 0 saturated carbocycles. The van der Waals surface area contributed by atoms with E-state index in [9.17, 15) is 9.18 Å². The molecule has 0 aliphatic carbocycles. The Morgan fingerprint density at radius 3 is 2.47 bits per heavy atom. The van der Waals surface area contributed by atoms with Crippen LogP contribution in [0.25, 0.3) is 0 Å². The first-order chi connectivity index (χ1) is 14.5. The van der Waals surface area contributed by atoms with Crippen LogP contribution in [0.5, 0.6) is 0 Å². The van der Waals surface area contributed by atoms with Crippen molar-refractivity contribution in [3.63, 3.8) is 0 Å².